The summed E-state index contributed by atoms with van der Waals surface area (Å²) in [5, 5.41) is 9.00. The van der Waals surface area contributed by atoms with Gasteiger partial charge in [0.25, 0.3) is 0 Å². The number of hydrogen-bond acceptors (Lipinski definition) is 3. The van der Waals surface area contributed by atoms with Gasteiger partial charge in [0, 0.05) is 4.47 Å². The summed E-state index contributed by atoms with van der Waals surface area (Å²) in [6.45, 7) is 3.46. The molecule has 0 spiro atoms. The zero-order valence-corrected chi connectivity index (χ0v) is 13.1. The fourth-order valence-corrected chi connectivity index (χ4v) is 3.64. The van der Waals surface area contributed by atoms with Gasteiger partial charge < -0.3 is 5.11 Å². The predicted molar refractivity (Wildman–Crippen MR) is 75.5 cm³/mol. The SMILES string of the molecule is CCC[C@H](NS(=O)(=O)c1cc(Br)ccc1C)C(=O)O. The molecule has 0 unspecified atom stereocenters. The quantitative estimate of drug-likeness (QED) is 0.825. The smallest absolute Gasteiger partial charge is 0.321 e. The first-order chi connectivity index (χ1) is 8.77. The lowest BCUT2D eigenvalue weighted by atomic mass is 10.2. The first-order valence-electron chi connectivity index (χ1n) is 5.79. The molecule has 1 rings (SSSR count). The summed E-state index contributed by atoms with van der Waals surface area (Å²) in [5.74, 6) is -1.17. The Morgan fingerprint density at radius 1 is 1.47 bits per heavy atom. The number of hydrogen-bond donors (Lipinski definition) is 2. The topological polar surface area (TPSA) is 83.5 Å². The van der Waals surface area contributed by atoms with Gasteiger partial charge in [0.2, 0.25) is 10.0 Å². The van der Waals surface area contributed by atoms with E-state index >= 15 is 0 Å². The van der Waals surface area contributed by atoms with Gasteiger partial charge in [0.15, 0.2) is 0 Å². The number of sulfonamides is 1. The lowest BCUT2D eigenvalue weighted by molar-refractivity contribution is -0.139. The number of nitrogens with one attached hydrogen (secondary N) is 1. The van der Waals surface area contributed by atoms with Crippen LogP contribution in [-0.2, 0) is 14.8 Å². The second-order valence-corrected chi connectivity index (χ2v) is 6.81. The molecule has 1 atom stereocenters. The summed E-state index contributed by atoms with van der Waals surface area (Å²) >= 11 is 3.21. The molecule has 106 valence electrons. The second kappa shape index (κ2) is 6.49. The Morgan fingerprint density at radius 3 is 2.63 bits per heavy atom. The van der Waals surface area contributed by atoms with E-state index in [1.165, 1.54) is 6.07 Å². The molecule has 0 radical (unpaired) electrons. The van der Waals surface area contributed by atoms with Crippen LogP contribution in [0.1, 0.15) is 25.3 Å². The van der Waals surface area contributed by atoms with Crippen molar-refractivity contribution in [3.05, 3.63) is 28.2 Å². The van der Waals surface area contributed by atoms with Gasteiger partial charge in [-0.15, -0.1) is 0 Å². The van der Waals surface area contributed by atoms with E-state index in [1.807, 2.05) is 0 Å². The highest BCUT2D eigenvalue weighted by Gasteiger charge is 2.25. The third kappa shape index (κ3) is 4.29. The molecule has 0 saturated heterocycles. The molecule has 1 aromatic rings. The van der Waals surface area contributed by atoms with Gasteiger partial charge in [0.1, 0.15) is 6.04 Å². The van der Waals surface area contributed by atoms with Crippen molar-refractivity contribution >= 4 is 31.9 Å². The van der Waals surface area contributed by atoms with Crippen LogP contribution in [0.3, 0.4) is 0 Å². The van der Waals surface area contributed by atoms with Crippen LogP contribution in [0, 0.1) is 6.92 Å². The highest BCUT2D eigenvalue weighted by atomic mass is 79.9. The van der Waals surface area contributed by atoms with Crippen molar-refractivity contribution in [2.75, 3.05) is 0 Å². The van der Waals surface area contributed by atoms with Crippen molar-refractivity contribution in [2.24, 2.45) is 0 Å². The molecule has 0 aliphatic carbocycles. The standard InChI is InChI=1S/C12H16BrNO4S/c1-3-4-10(12(15)16)14-19(17,18)11-7-9(13)6-5-8(11)2/h5-7,10,14H,3-4H2,1-2H3,(H,15,16)/t10-/m0/s1. The maximum Gasteiger partial charge on any atom is 0.321 e. The Bertz CT molecular complexity index is 571. The molecule has 0 saturated carbocycles. The number of halogens is 1. The van der Waals surface area contributed by atoms with Crippen molar-refractivity contribution in [2.45, 2.75) is 37.6 Å². The monoisotopic (exact) mass is 349 g/mol. The van der Waals surface area contributed by atoms with E-state index < -0.39 is 22.0 Å². The van der Waals surface area contributed by atoms with Crippen LogP contribution >= 0.6 is 15.9 Å². The minimum Gasteiger partial charge on any atom is -0.480 e. The highest BCUT2D eigenvalue weighted by molar-refractivity contribution is 9.10. The average molecular weight is 350 g/mol. The van der Waals surface area contributed by atoms with Gasteiger partial charge >= 0.3 is 5.97 Å². The normalized spacial score (nSPS) is 13.2. The minimum atomic E-state index is -3.84. The Hall–Kier alpha value is -0.920. The Labute approximate surface area is 121 Å². The van der Waals surface area contributed by atoms with Crippen molar-refractivity contribution < 1.29 is 18.3 Å². The van der Waals surface area contributed by atoms with Gasteiger partial charge in [-0.25, -0.2) is 8.42 Å². The molecule has 0 aromatic heterocycles. The molecule has 0 bridgehead atoms. The fourth-order valence-electron chi connectivity index (χ4n) is 1.64. The maximum atomic E-state index is 12.2. The van der Waals surface area contributed by atoms with E-state index in [-0.39, 0.29) is 11.3 Å². The largest absolute Gasteiger partial charge is 0.480 e. The van der Waals surface area contributed by atoms with E-state index in [2.05, 4.69) is 20.7 Å². The number of carboxylic acid groups (broad SMARTS) is 1. The highest BCUT2D eigenvalue weighted by Crippen LogP contribution is 2.21. The molecule has 2 N–H and O–H groups in total. The zero-order chi connectivity index (χ0) is 14.6. The molecule has 0 heterocycles. The first kappa shape index (κ1) is 16.1. The zero-order valence-electron chi connectivity index (χ0n) is 10.7. The van der Waals surface area contributed by atoms with Crippen molar-refractivity contribution in [1.29, 1.82) is 0 Å². The maximum absolute atomic E-state index is 12.2. The fraction of sp³-hybridized carbons (Fsp3) is 0.417. The number of rotatable bonds is 6. The van der Waals surface area contributed by atoms with Crippen LogP contribution in [0.2, 0.25) is 0 Å². The summed E-state index contributed by atoms with van der Waals surface area (Å²) in [4.78, 5) is 11.1. The first-order valence-corrected chi connectivity index (χ1v) is 8.07. The average Bonchev–Trinajstić information content (AvgIpc) is 2.31. The van der Waals surface area contributed by atoms with Crippen LogP contribution in [0.15, 0.2) is 27.6 Å². The molecule has 19 heavy (non-hydrogen) atoms. The van der Waals surface area contributed by atoms with E-state index in [0.29, 0.717) is 16.5 Å². The Kier molecular flexibility index (Phi) is 5.51. The third-order valence-electron chi connectivity index (χ3n) is 2.61. The van der Waals surface area contributed by atoms with Crippen LogP contribution in [0.25, 0.3) is 0 Å². The number of carbonyl (C=O) groups is 1. The second-order valence-electron chi connectivity index (χ2n) is 4.21. The molecule has 5 nitrogen and oxygen atoms in total. The molecule has 7 heteroatoms. The summed E-state index contributed by atoms with van der Waals surface area (Å²) in [6, 6.07) is 3.75. The Morgan fingerprint density at radius 2 is 2.11 bits per heavy atom. The van der Waals surface area contributed by atoms with Gasteiger partial charge in [-0.1, -0.05) is 35.3 Å². The van der Waals surface area contributed by atoms with Crippen LogP contribution in [-0.4, -0.2) is 25.5 Å². The summed E-state index contributed by atoms with van der Waals surface area (Å²) < 4.78 is 27.3. The lowest BCUT2D eigenvalue weighted by Gasteiger charge is -2.15. The molecule has 0 aliphatic heterocycles. The number of aliphatic carboxylic acids is 1. The molecule has 0 fully saturated rings. The van der Waals surface area contributed by atoms with E-state index in [9.17, 15) is 13.2 Å². The summed E-state index contributed by atoms with van der Waals surface area (Å²) in [7, 11) is -3.84. The van der Waals surface area contributed by atoms with Gasteiger partial charge in [-0.2, -0.15) is 4.72 Å². The minimum absolute atomic E-state index is 0.0872. The molecule has 0 amide bonds. The van der Waals surface area contributed by atoms with E-state index in [0.717, 1.165) is 0 Å². The van der Waals surface area contributed by atoms with Crippen molar-refractivity contribution in [1.82, 2.24) is 4.72 Å². The van der Waals surface area contributed by atoms with Crippen molar-refractivity contribution in [3.8, 4) is 0 Å². The molecular weight excluding hydrogens is 334 g/mol. The van der Waals surface area contributed by atoms with Crippen molar-refractivity contribution in [3.63, 3.8) is 0 Å². The third-order valence-corrected chi connectivity index (χ3v) is 4.72. The predicted octanol–water partition coefficient (Wildman–Crippen LogP) is 2.29. The number of carboxylic acids is 1. The molecular formula is C12H16BrNO4S. The van der Waals surface area contributed by atoms with E-state index in [4.69, 9.17) is 5.11 Å². The van der Waals surface area contributed by atoms with Gasteiger partial charge in [-0.3, -0.25) is 4.79 Å². The molecule has 1 aromatic carbocycles. The Balaban J connectivity index is 3.10. The van der Waals surface area contributed by atoms with Crippen LogP contribution in [0.4, 0.5) is 0 Å². The van der Waals surface area contributed by atoms with Gasteiger partial charge in [0.05, 0.1) is 4.90 Å². The van der Waals surface area contributed by atoms with Crippen LogP contribution < -0.4 is 4.72 Å². The van der Waals surface area contributed by atoms with Crippen LogP contribution in [0.5, 0.6) is 0 Å². The number of benzene rings is 1. The summed E-state index contributed by atoms with van der Waals surface area (Å²) in [6.07, 6.45) is 0.832. The lowest BCUT2D eigenvalue weighted by Crippen LogP contribution is -2.40. The number of aryl methyl sites for hydroxylation is 1. The van der Waals surface area contributed by atoms with E-state index in [1.54, 1.807) is 26.0 Å². The van der Waals surface area contributed by atoms with Gasteiger partial charge in [-0.05, 0) is 31.0 Å². The molecule has 0 aliphatic rings. The summed E-state index contributed by atoms with van der Waals surface area (Å²) in [5.41, 5.74) is 0.566.